The Labute approximate surface area is 126 Å². The topological polar surface area (TPSA) is 82.4 Å². The molecule has 5 nitrogen and oxygen atoms in total. The summed E-state index contributed by atoms with van der Waals surface area (Å²) in [5.41, 5.74) is 0.199. The molecule has 112 valence electrons. The second-order valence-electron chi connectivity index (χ2n) is 4.41. The van der Waals surface area contributed by atoms with Gasteiger partial charge in [0.25, 0.3) is 0 Å². The first kappa shape index (κ1) is 15.3. The Bertz CT molecular complexity index is 722. The molecule has 0 N–H and O–H groups in total. The number of nitriles is 1. The molecule has 0 aliphatic heterocycles. The zero-order valence-electron chi connectivity index (χ0n) is 11.6. The smallest absolute Gasteiger partial charge is 0.167 e. The second kappa shape index (κ2) is 6.59. The van der Waals surface area contributed by atoms with Crippen molar-refractivity contribution in [1.29, 1.82) is 5.26 Å². The van der Waals surface area contributed by atoms with Crippen molar-refractivity contribution >= 4 is 5.97 Å². The molecular weight excluding hydrogens is 289 g/mol. The average Bonchev–Trinajstić information content (AvgIpc) is 2.51. The highest BCUT2D eigenvalue weighted by Gasteiger charge is 2.08. The third kappa shape index (κ3) is 3.73. The SMILES string of the molecule is CC(Oc1ccc(Oc2ccc(C#N)cc2F)cc1)C(=O)[O-]. The molecule has 0 saturated carbocycles. The summed E-state index contributed by atoms with van der Waals surface area (Å²) in [6.45, 7) is 1.35. The summed E-state index contributed by atoms with van der Waals surface area (Å²) < 4.78 is 24.1. The standard InChI is InChI=1S/C16H12FNO4/c1-10(16(19)20)21-12-3-5-13(6-4-12)22-15-7-2-11(9-18)8-14(15)17/h2-8,10H,1H3,(H,19,20)/p-1. The van der Waals surface area contributed by atoms with Crippen molar-refractivity contribution in [1.82, 2.24) is 0 Å². The summed E-state index contributed by atoms with van der Waals surface area (Å²) in [7, 11) is 0. The molecule has 0 heterocycles. The lowest BCUT2D eigenvalue weighted by atomic mass is 10.2. The first-order chi connectivity index (χ1) is 10.5. The molecule has 2 aromatic rings. The van der Waals surface area contributed by atoms with E-state index >= 15 is 0 Å². The molecule has 1 atom stereocenters. The number of hydrogen-bond acceptors (Lipinski definition) is 5. The quantitative estimate of drug-likeness (QED) is 0.843. The van der Waals surface area contributed by atoms with Gasteiger partial charge in [-0.3, -0.25) is 0 Å². The summed E-state index contributed by atoms with van der Waals surface area (Å²) in [6.07, 6.45) is -1.08. The molecule has 0 spiro atoms. The lowest BCUT2D eigenvalue weighted by Crippen LogP contribution is -2.37. The van der Waals surface area contributed by atoms with E-state index in [9.17, 15) is 14.3 Å². The molecule has 0 saturated heterocycles. The average molecular weight is 300 g/mol. The van der Waals surface area contributed by atoms with Gasteiger partial charge in [0, 0.05) is 0 Å². The molecule has 6 heteroatoms. The lowest BCUT2D eigenvalue weighted by Gasteiger charge is -2.15. The van der Waals surface area contributed by atoms with Gasteiger partial charge >= 0.3 is 0 Å². The van der Waals surface area contributed by atoms with Crippen LogP contribution in [0.5, 0.6) is 17.2 Å². The van der Waals surface area contributed by atoms with Crippen LogP contribution >= 0.6 is 0 Å². The molecule has 0 fully saturated rings. The van der Waals surface area contributed by atoms with Crippen molar-refractivity contribution in [3.8, 4) is 23.3 Å². The third-order valence-corrected chi connectivity index (χ3v) is 2.76. The van der Waals surface area contributed by atoms with E-state index in [1.807, 2.05) is 6.07 Å². The number of carboxylic acids is 1. The third-order valence-electron chi connectivity index (χ3n) is 2.76. The largest absolute Gasteiger partial charge is 0.546 e. The Morgan fingerprint density at radius 3 is 2.41 bits per heavy atom. The van der Waals surface area contributed by atoms with E-state index in [0.29, 0.717) is 11.5 Å². The Kier molecular flexibility index (Phi) is 4.59. The zero-order valence-corrected chi connectivity index (χ0v) is 11.6. The van der Waals surface area contributed by atoms with Crippen LogP contribution in [0.2, 0.25) is 0 Å². The summed E-state index contributed by atoms with van der Waals surface area (Å²) >= 11 is 0. The molecule has 2 aromatic carbocycles. The van der Waals surface area contributed by atoms with E-state index in [0.717, 1.165) is 6.07 Å². The fourth-order valence-electron chi connectivity index (χ4n) is 1.62. The van der Waals surface area contributed by atoms with Crippen LogP contribution in [0.3, 0.4) is 0 Å². The Morgan fingerprint density at radius 2 is 1.86 bits per heavy atom. The number of carboxylic acid groups (broad SMARTS) is 1. The van der Waals surface area contributed by atoms with Gasteiger partial charge in [0.15, 0.2) is 11.6 Å². The number of benzene rings is 2. The molecule has 1 unspecified atom stereocenters. The predicted molar refractivity (Wildman–Crippen MR) is 72.7 cm³/mol. The van der Waals surface area contributed by atoms with Crippen LogP contribution in [0.1, 0.15) is 12.5 Å². The van der Waals surface area contributed by atoms with Crippen LogP contribution in [0.4, 0.5) is 4.39 Å². The van der Waals surface area contributed by atoms with Gasteiger partial charge in [0.05, 0.1) is 17.6 Å². The number of aliphatic carboxylic acids is 1. The van der Waals surface area contributed by atoms with E-state index in [2.05, 4.69) is 0 Å². The number of carbonyl (C=O) groups excluding carboxylic acids is 1. The van der Waals surface area contributed by atoms with Gasteiger partial charge in [-0.15, -0.1) is 0 Å². The molecule has 0 bridgehead atoms. The highest BCUT2D eigenvalue weighted by Crippen LogP contribution is 2.26. The van der Waals surface area contributed by atoms with Crippen molar-refractivity contribution < 1.29 is 23.8 Å². The van der Waals surface area contributed by atoms with E-state index in [4.69, 9.17) is 14.7 Å². The maximum absolute atomic E-state index is 13.7. The van der Waals surface area contributed by atoms with Gasteiger partial charge in [-0.05, 0) is 49.4 Å². The molecule has 0 aliphatic rings. The molecule has 0 aliphatic carbocycles. The molecule has 0 radical (unpaired) electrons. The number of rotatable bonds is 5. The van der Waals surface area contributed by atoms with Gasteiger partial charge in [-0.1, -0.05) is 0 Å². The highest BCUT2D eigenvalue weighted by molar-refractivity contribution is 5.69. The molecular formula is C16H11FNO4-. The number of nitrogens with zero attached hydrogens (tertiary/aromatic N) is 1. The lowest BCUT2D eigenvalue weighted by molar-refractivity contribution is -0.312. The fourth-order valence-corrected chi connectivity index (χ4v) is 1.62. The summed E-state index contributed by atoms with van der Waals surface area (Å²) in [4.78, 5) is 10.6. The minimum Gasteiger partial charge on any atom is -0.546 e. The van der Waals surface area contributed by atoms with Crippen molar-refractivity contribution in [3.63, 3.8) is 0 Å². The second-order valence-corrected chi connectivity index (χ2v) is 4.41. The first-order valence-electron chi connectivity index (χ1n) is 6.34. The predicted octanol–water partition coefficient (Wildman–Crippen LogP) is 2.01. The van der Waals surface area contributed by atoms with Crippen LogP contribution in [-0.2, 0) is 4.79 Å². The van der Waals surface area contributed by atoms with Gasteiger partial charge in [0.1, 0.15) is 17.6 Å². The van der Waals surface area contributed by atoms with E-state index in [-0.39, 0.29) is 11.3 Å². The fraction of sp³-hybridized carbons (Fsp3) is 0.125. The van der Waals surface area contributed by atoms with Gasteiger partial charge < -0.3 is 19.4 Å². The zero-order chi connectivity index (χ0) is 16.1. The van der Waals surface area contributed by atoms with E-state index < -0.39 is 17.9 Å². The van der Waals surface area contributed by atoms with Crippen LogP contribution in [-0.4, -0.2) is 12.1 Å². The molecule has 0 aromatic heterocycles. The van der Waals surface area contributed by atoms with Crippen molar-refractivity contribution in [3.05, 3.63) is 53.8 Å². The van der Waals surface area contributed by atoms with Gasteiger partial charge in [-0.25, -0.2) is 4.39 Å². The normalized spacial score (nSPS) is 11.3. The molecule has 0 amide bonds. The minimum atomic E-state index is -1.32. The maximum Gasteiger partial charge on any atom is 0.167 e. The molecule has 22 heavy (non-hydrogen) atoms. The van der Waals surface area contributed by atoms with Gasteiger partial charge in [-0.2, -0.15) is 5.26 Å². The van der Waals surface area contributed by atoms with E-state index in [1.165, 1.54) is 43.3 Å². The number of halogens is 1. The van der Waals surface area contributed by atoms with Crippen molar-refractivity contribution in [2.75, 3.05) is 0 Å². The number of ether oxygens (including phenoxy) is 2. The highest BCUT2D eigenvalue weighted by atomic mass is 19.1. The molecule has 2 rings (SSSR count). The van der Waals surface area contributed by atoms with Crippen LogP contribution in [0.15, 0.2) is 42.5 Å². The van der Waals surface area contributed by atoms with Crippen molar-refractivity contribution in [2.24, 2.45) is 0 Å². The Hall–Kier alpha value is -3.07. The Morgan fingerprint density at radius 1 is 1.23 bits per heavy atom. The van der Waals surface area contributed by atoms with Crippen molar-refractivity contribution in [2.45, 2.75) is 13.0 Å². The van der Waals surface area contributed by atoms with Gasteiger partial charge in [0.2, 0.25) is 0 Å². The minimum absolute atomic E-state index is 0.0178. The summed E-state index contributed by atoms with van der Waals surface area (Å²) in [5, 5.41) is 19.2. The van der Waals surface area contributed by atoms with Crippen LogP contribution in [0.25, 0.3) is 0 Å². The monoisotopic (exact) mass is 300 g/mol. The van der Waals surface area contributed by atoms with Crippen LogP contribution in [0, 0.1) is 17.1 Å². The number of carbonyl (C=O) groups is 1. The van der Waals surface area contributed by atoms with Crippen LogP contribution < -0.4 is 14.6 Å². The maximum atomic E-state index is 13.7. The van der Waals surface area contributed by atoms with E-state index in [1.54, 1.807) is 0 Å². The Balaban J connectivity index is 2.08. The summed E-state index contributed by atoms with van der Waals surface area (Å²) in [5.74, 6) is -1.32. The summed E-state index contributed by atoms with van der Waals surface area (Å²) in [6, 6.07) is 11.7. The first-order valence-corrected chi connectivity index (χ1v) is 6.34. The number of hydrogen-bond donors (Lipinski definition) is 0.